The zero-order chi connectivity index (χ0) is 17.7. The molecule has 0 radical (unpaired) electrons. The number of rotatable bonds is 6. The van der Waals surface area contributed by atoms with E-state index in [9.17, 15) is 23.8 Å². The minimum absolute atomic E-state index is 0.0341. The number of hydrogen-bond donors (Lipinski definition) is 2. The van der Waals surface area contributed by atoms with Crippen molar-refractivity contribution in [3.8, 4) is 17.2 Å². The molecular weight excluding hydrogens is 320 g/mol. The van der Waals surface area contributed by atoms with Gasteiger partial charge >= 0.3 is 6.61 Å². The van der Waals surface area contributed by atoms with Gasteiger partial charge in [0.1, 0.15) is 5.75 Å². The van der Waals surface area contributed by atoms with Crippen molar-refractivity contribution in [3.63, 3.8) is 0 Å². The second-order valence-corrected chi connectivity index (χ2v) is 5.28. The van der Waals surface area contributed by atoms with Gasteiger partial charge in [-0.3, -0.25) is 4.79 Å². The molecule has 1 amide bonds. The minimum atomic E-state index is -2.90. The number of carbonyl (C=O) groups is 1. The average molecular weight is 337 g/mol. The molecule has 7 heteroatoms. The summed E-state index contributed by atoms with van der Waals surface area (Å²) in [4.78, 5) is 13.6. The maximum atomic E-state index is 12.2. The molecule has 0 atom stereocenters. The molecule has 0 heterocycles. The van der Waals surface area contributed by atoms with Gasteiger partial charge in [0.15, 0.2) is 11.5 Å². The zero-order valence-electron chi connectivity index (χ0n) is 12.9. The number of aromatic hydroxyl groups is 2. The Labute approximate surface area is 137 Å². The van der Waals surface area contributed by atoms with Gasteiger partial charge in [-0.1, -0.05) is 18.2 Å². The molecule has 24 heavy (non-hydrogen) atoms. The Kier molecular flexibility index (Phi) is 5.57. The third-order valence-electron chi connectivity index (χ3n) is 3.36. The molecule has 0 aliphatic heterocycles. The first-order valence-corrected chi connectivity index (χ1v) is 7.13. The molecule has 0 aliphatic carbocycles. The highest BCUT2D eigenvalue weighted by atomic mass is 19.3. The monoisotopic (exact) mass is 337 g/mol. The molecule has 128 valence electrons. The van der Waals surface area contributed by atoms with Crippen LogP contribution in [0.4, 0.5) is 8.78 Å². The van der Waals surface area contributed by atoms with E-state index in [0.29, 0.717) is 11.1 Å². The highest BCUT2D eigenvalue weighted by Crippen LogP contribution is 2.25. The fourth-order valence-corrected chi connectivity index (χ4v) is 2.17. The summed E-state index contributed by atoms with van der Waals surface area (Å²) in [5.74, 6) is -0.734. The number of benzene rings is 2. The van der Waals surface area contributed by atoms with Gasteiger partial charge in [-0.05, 0) is 35.4 Å². The maximum Gasteiger partial charge on any atom is 0.387 e. The predicted octanol–water partition coefficient (Wildman–Crippen LogP) is 2.90. The summed E-state index contributed by atoms with van der Waals surface area (Å²) in [5.41, 5.74) is 1.20. The van der Waals surface area contributed by atoms with E-state index in [-0.39, 0.29) is 36.1 Å². The SMILES string of the molecule is CN(Cc1cccc(OC(F)F)c1)C(=O)Cc1ccc(O)c(O)c1. The van der Waals surface area contributed by atoms with Gasteiger partial charge in [0, 0.05) is 13.6 Å². The molecule has 5 nitrogen and oxygen atoms in total. The van der Waals surface area contributed by atoms with E-state index < -0.39 is 6.61 Å². The Morgan fingerprint density at radius 3 is 2.54 bits per heavy atom. The number of ether oxygens (including phenoxy) is 1. The molecule has 0 saturated heterocycles. The Hall–Kier alpha value is -2.83. The Bertz CT molecular complexity index is 721. The summed E-state index contributed by atoms with van der Waals surface area (Å²) in [6.45, 7) is -2.68. The van der Waals surface area contributed by atoms with Crippen LogP contribution < -0.4 is 4.74 Å². The molecule has 0 fully saturated rings. The van der Waals surface area contributed by atoms with Crippen LogP contribution in [0.2, 0.25) is 0 Å². The van der Waals surface area contributed by atoms with Crippen LogP contribution in [0.25, 0.3) is 0 Å². The van der Waals surface area contributed by atoms with Crippen LogP contribution in [0.15, 0.2) is 42.5 Å². The number of phenols is 2. The van der Waals surface area contributed by atoms with E-state index in [1.807, 2.05) is 0 Å². The predicted molar refractivity (Wildman–Crippen MR) is 83.0 cm³/mol. The molecule has 0 saturated carbocycles. The maximum absolute atomic E-state index is 12.2. The van der Waals surface area contributed by atoms with Gasteiger partial charge in [-0.25, -0.2) is 0 Å². The average Bonchev–Trinajstić information content (AvgIpc) is 2.50. The smallest absolute Gasteiger partial charge is 0.387 e. The summed E-state index contributed by atoms with van der Waals surface area (Å²) < 4.78 is 28.8. The number of likely N-dealkylation sites (N-methyl/N-ethyl adjacent to an activating group) is 1. The van der Waals surface area contributed by atoms with Crippen LogP contribution in [0.1, 0.15) is 11.1 Å². The lowest BCUT2D eigenvalue weighted by atomic mass is 10.1. The Morgan fingerprint density at radius 1 is 1.12 bits per heavy atom. The molecular formula is C17H17F2NO4. The summed E-state index contributed by atoms with van der Waals surface area (Å²) in [6, 6.07) is 10.3. The Balaban J connectivity index is 1.99. The van der Waals surface area contributed by atoms with Crippen LogP contribution in [0.5, 0.6) is 17.2 Å². The van der Waals surface area contributed by atoms with Gasteiger partial charge in [0.2, 0.25) is 5.91 Å². The van der Waals surface area contributed by atoms with Crippen molar-refractivity contribution >= 4 is 5.91 Å². The highest BCUT2D eigenvalue weighted by molar-refractivity contribution is 5.78. The van der Waals surface area contributed by atoms with E-state index in [2.05, 4.69) is 4.74 Å². The number of amides is 1. The van der Waals surface area contributed by atoms with Gasteiger partial charge in [0.05, 0.1) is 6.42 Å². The van der Waals surface area contributed by atoms with Crippen LogP contribution >= 0.6 is 0 Å². The lowest BCUT2D eigenvalue weighted by molar-refractivity contribution is -0.129. The lowest BCUT2D eigenvalue weighted by Gasteiger charge is -2.18. The molecule has 2 rings (SSSR count). The van der Waals surface area contributed by atoms with E-state index in [1.54, 1.807) is 19.2 Å². The second kappa shape index (κ2) is 7.63. The van der Waals surface area contributed by atoms with Gasteiger partial charge in [-0.15, -0.1) is 0 Å². The standard InChI is InChI=1S/C17H17F2NO4/c1-20(10-12-3-2-4-13(7-12)24-17(18)19)16(23)9-11-5-6-14(21)15(22)8-11/h2-8,17,21-22H,9-10H2,1H3. The molecule has 0 unspecified atom stereocenters. The molecule has 0 aliphatic rings. The van der Waals surface area contributed by atoms with E-state index in [1.165, 1.54) is 35.2 Å². The minimum Gasteiger partial charge on any atom is -0.504 e. The summed E-state index contributed by atoms with van der Waals surface area (Å²) in [6.07, 6.45) is 0.0393. The normalized spacial score (nSPS) is 10.7. The highest BCUT2D eigenvalue weighted by Gasteiger charge is 2.12. The van der Waals surface area contributed by atoms with Crippen molar-refractivity contribution < 1.29 is 28.5 Å². The molecule has 0 bridgehead atoms. The number of nitrogens with zero attached hydrogens (tertiary/aromatic N) is 1. The number of phenolic OH excluding ortho intramolecular Hbond substituents is 2. The Morgan fingerprint density at radius 2 is 1.88 bits per heavy atom. The fourth-order valence-electron chi connectivity index (χ4n) is 2.17. The summed E-state index contributed by atoms with van der Waals surface area (Å²) in [7, 11) is 1.59. The molecule has 2 aromatic carbocycles. The van der Waals surface area contributed by atoms with E-state index >= 15 is 0 Å². The number of halogens is 2. The third-order valence-corrected chi connectivity index (χ3v) is 3.36. The van der Waals surface area contributed by atoms with Crippen LogP contribution in [-0.4, -0.2) is 34.7 Å². The number of carbonyl (C=O) groups excluding carboxylic acids is 1. The van der Waals surface area contributed by atoms with Crippen molar-refractivity contribution in [2.75, 3.05) is 7.05 Å². The van der Waals surface area contributed by atoms with E-state index in [0.717, 1.165) is 0 Å². The van der Waals surface area contributed by atoms with Crippen molar-refractivity contribution in [1.82, 2.24) is 4.90 Å². The zero-order valence-corrected chi connectivity index (χ0v) is 12.9. The van der Waals surface area contributed by atoms with Crippen molar-refractivity contribution in [1.29, 1.82) is 0 Å². The van der Waals surface area contributed by atoms with Crippen molar-refractivity contribution in [2.24, 2.45) is 0 Å². The van der Waals surface area contributed by atoms with Crippen molar-refractivity contribution in [3.05, 3.63) is 53.6 Å². The largest absolute Gasteiger partial charge is 0.504 e. The second-order valence-electron chi connectivity index (χ2n) is 5.28. The first-order valence-electron chi connectivity index (χ1n) is 7.13. The van der Waals surface area contributed by atoms with Crippen LogP contribution in [-0.2, 0) is 17.8 Å². The first kappa shape index (κ1) is 17.5. The summed E-state index contributed by atoms with van der Waals surface area (Å²) >= 11 is 0. The lowest BCUT2D eigenvalue weighted by Crippen LogP contribution is -2.27. The molecule has 2 N–H and O–H groups in total. The molecule has 2 aromatic rings. The first-order chi connectivity index (χ1) is 11.3. The van der Waals surface area contributed by atoms with Crippen LogP contribution in [0, 0.1) is 0 Å². The van der Waals surface area contributed by atoms with Crippen LogP contribution in [0.3, 0.4) is 0 Å². The molecule has 0 spiro atoms. The van der Waals surface area contributed by atoms with Gasteiger partial charge < -0.3 is 19.8 Å². The van der Waals surface area contributed by atoms with E-state index in [4.69, 9.17) is 0 Å². The van der Waals surface area contributed by atoms with Crippen molar-refractivity contribution in [2.45, 2.75) is 19.6 Å². The fraction of sp³-hybridized carbons (Fsp3) is 0.235. The number of alkyl halides is 2. The van der Waals surface area contributed by atoms with Gasteiger partial charge in [-0.2, -0.15) is 8.78 Å². The van der Waals surface area contributed by atoms with Gasteiger partial charge in [0.25, 0.3) is 0 Å². The quantitative estimate of drug-likeness (QED) is 0.795. The number of hydrogen-bond acceptors (Lipinski definition) is 4. The topological polar surface area (TPSA) is 70.0 Å². The summed E-state index contributed by atoms with van der Waals surface area (Å²) in [5, 5.41) is 18.7. The third kappa shape index (κ3) is 4.84. The molecule has 0 aromatic heterocycles.